The fourth-order valence-corrected chi connectivity index (χ4v) is 2.11. The number of aromatic carboxylic acids is 1. The topological polar surface area (TPSA) is 130 Å². The highest BCUT2D eigenvalue weighted by Crippen LogP contribution is 2.25. The first kappa shape index (κ1) is 18.0. The molecule has 0 unspecified atom stereocenters. The summed E-state index contributed by atoms with van der Waals surface area (Å²) in [7, 11) is 0. The minimum Gasteiger partial charge on any atom is -0.507 e. The Kier molecular flexibility index (Phi) is 5.35. The molecule has 128 valence electrons. The number of carboxylic acids is 1. The number of carbonyl (C=O) groups excluding carboxylic acids is 1. The second-order valence-electron chi connectivity index (χ2n) is 4.83. The van der Waals surface area contributed by atoms with Gasteiger partial charge in [-0.05, 0) is 29.8 Å². The molecule has 0 heterocycles. The predicted octanol–water partition coefficient (Wildman–Crippen LogP) is 3.30. The molecule has 8 nitrogen and oxygen atoms in total. The molecule has 2 aromatic rings. The van der Waals surface area contributed by atoms with Gasteiger partial charge in [0.25, 0.3) is 5.69 Å². The maximum Gasteiger partial charge on any atom is 0.339 e. The number of nitrogens with one attached hydrogen (secondary N) is 1. The number of nitro benzene ring substituents is 1. The molecule has 0 atom stereocenters. The van der Waals surface area contributed by atoms with Crippen molar-refractivity contribution >= 4 is 40.9 Å². The molecule has 3 N–H and O–H groups in total. The maximum atomic E-state index is 11.8. The molecule has 0 saturated carbocycles. The Morgan fingerprint density at radius 3 is 2.52 bits per heavy atom. The number of benzene rings is 2. The number of amides is 1. The summed E-state index contributed by atoms with van der Waals surface area (Å²) in [6.07, 6.45) is 2.49. The van der Waals surface area contributed by atoms with Gasteiger partial charge in [-0.1, -0.05) is 17.7 Å². The van der Waals surface area contributed by atoms with Crippen LogP contribution in [0.3, 0.4) is 0 Å². The number of nitro groups is 1. The summed E-state index contributed by atoms with van der Waals surface area (Å²) in [6.45, 7) is 0. The van der Waals surface area contributed by atoms with E-state index in [1.807, 2.05) is 0 Å². The van der Waals surface area contributed by atoms with Crippen LogP contribution >= 0.6 is 11.6 Å². The SMILES string of the molecule is O=C(/C=C/c1ccc(Cl)c([N+](=O)[O-])c1)Nc1ccc(C(=O)O)c(O)c1. The number of phenols is 1. The van der Waals surface area contributed by atoms with Crippen LogP contribution in [-0.4, -0.2) is 27.0 Å². The first-order valence-electron chi connectivity index (χ1n) is 6.77. The van der Waals surface area contributed by atoms with E-state index in [4.69, 9.17) is 16.7 Å². The van der Waals surface area contributed by atoms with Crippen LogP contribution in [0.25, 0.3) is 6.08 Å². The van der Waals surface area contributed by atoms with Crippen molar-refractivity contribution in [3.8, 4) is 5.75 Å². The van der Waals surface area contributed by atoms with E-state index in [-0.39, 0.29) is 22.0 Å². The third kappa shape index (κ3) is 4.55. The molecule has 0 aliphatic heterocycles. The zero-order chi connectivity index (χ0) is 18.6. The molecule has 0 spiro atoms. The van der Waals surface area contributed by atoms with Gasteiger partial charge >= 0.3 is 5.97 Å². The summed E-state index contributed by atoms with van der Waals surface area (Å²) in [5.41, 5.74) is 0.0231. The quantitative estimate of drug-likeness (QED) is 0.425. The van der Waals surface area contributed by atoms with Crippen LogP contribution in [-0.2, 0) is 4.79 Å². The molecule has 0 aliphatic rings. The van der Waals surface area contributed by atoms with E-state index in [1.54, 1.807) is 0 Å². The Morgan fingerprint density at radius 2 is 1.92 bits per heavy atom. The summed E-state index contributed by atoms with van der Waals surface area (Å²) >= 11 is 5.70. The van der Waals surface area contributed by atoms with E-state index in [0.29, 0.717) is 5.56 Å². The van der Waals surface area contributed by atoms with E-state index >= 15 is 0 Å². The average Bonchev–Trinajstić information content (AvgIpc) is 2.53. The Morgan fingerprint density at radius 1 is 1.20 bits per heavy atom. The number of nitrogens with zero attached hydrogens (tertiary/aromatic N) is 1. The van der Waals surface area contributed by atoms with E-state index in [0.717, 1.165) is 18.2 Å². The van der Waals surface area contributed by atoms with Gasteiger partial charge in [-0.3, -0.25) is 14.9 Å². The molecule has 0 bridgehead atoms. The number of rotatable bonds is 5. The summed E-state index contributed by atoms with van der Waals surface area (Å²) in [5, 5.41) is 31.6. The lowest BCUT2D eigenvalue weighted by Crippen LogP contribution is -2.08. The first-order valence-corrected chi connectivity index (χ1v) is 7.15. The number of hydrogen-bond donors (Lipinski definition) is 3. The van der Waals surface area contributed by atoms with E-state index in [2.05, 4.69) is 5.32 Å². The summed E-state index contributed by atoms with van der Waals surface area (Å²) < 4.78 is 0. The smallest absolute Gasteiger partial charge is 0.339 e. The third-order valence-electron chi connectivity index (χ3n) is 3.09. The van der Waals surface area contributed by atoms with Gasteiger partial charge in [0.2, 0.25) is 5.91 Å². The van der Waals surface area contributed by atoms with Gasteiger partial charge in [0, 0.05) is 23.9 Å². The Hall–Kier alpha value is -3.39. The highest BCUT2D eigenvalue weighted by Gasteiger charge is 2.12. The van der Waals surface area contributed by atoms with Crippen LogP contribution in [0.1, 0.15) is 15.9 Å². The molecule has 0 saturated heterocycles. The van der Waals surface area contributed by atoms with Crippen molar-refractivity contribution in [3.63, 3.8) is 0 Å². The molecule has 0 aromatic heterocycles. The average molecular weight is 363 g/mol. The molecule has 2 aromatic carbocycles. The third-order valence-corrected chi connectivity index (χ3v) is 3.41. The molecule has 0 fully saturated rings. The molecule has 0 aliphatic carbocycles. The standard InChI is InChI=1S/C16H11ClN2O6/c17-12-5-1-9(7-13(12)19(24)25)2-6-15(21)18-10-3-4-11(16(22)23)14(20)8-10/h1-8,20H,(H,18,21)(H,22,23)/b6-2+. The van der Waals surface area contributed by atoms with Crippen molar-refractivity contribution in [3.05, 3.63) is 68.7 Å². The molecular weight excluding hydrogens is 352 g/mol. The van der Waals surface area contributed by atoms with Crippen molar-refractivity contribution in [2.24, 2.45) is 0 Å². The summed E-state index contributed by atoms with van der Waals surface area (Å²) in [5.74, 6) is -2.35. The van der Waals surface area contributed by atoms with E-state index in [1.165, 1.54) is 30.3 Å². The van der Waals surface area contributed by atoms with Crippen LogP contribution in [0.5, 0.6) is 5.75 Å². The lowest BCUT2D eigenvalue weighted by atomic mass is 10.1. The van der Waals surface area contributed by atoms with Gasteiger partial charge in [-0.25, -0.2) is 4.79 Å². The summed E-state index contributed by atoms with van der Waals surface area (Å²) in [6, 6.07) is 7.65. The Balaban J connectivity index is 2.11. The van der Waals surface area contributed by atoms with Crippen molar-refractivity contribution in [2.75, 3.05) is 5.32 Å². The summed E-state index contributed by atoms with van der Waals surface area (Å²) in [4.78, 5) is 32.8. The zero-order valence-electron chi connectivity index (χ0n) is 12.5. The highest BCUT2D eigenvalue weighted by atomic mass is 35.5. The number of anilines is 1. The maximum absolute atomic E-state index is 11.8. The Bertz CT molecular complexity index is 894. The van der Waals surface area contributed by atoms with Crippen molar-refractivity contribution < 1.29 is 24.7 Å². The van der Waals surface area contributed by atoms with E-state index < -0.39 is 22.5 Å². The Labute approximate surface area is 146 Å². The van der Waals surface area contributed by atoms with Crippen molar-refractivity contribution in [2.45, 2.75) is 0 Å². The molecule has 25 heavy (non-hydrogen) atoms. The lowest BCUT2D eigenvalue weighted by Gasteiger charge is -2.05. The highest BCUT2D eigenvalue weighted by molar-refractivity contribution is 6.32. The molecule has 0 radical (unpaired) electrons. The molecule has 9 heteroatoms. The first-order chi connectivity index (χ1) is 11.8. The van der Waals surface area contributed by atoms with Gasteiger partial charge in [0.15, 0.2) is 0 Å². The molecule has 2 rings (SSSR count). The fraction of sp³-hybridized carbons (Fsp3) is 0. The van der Waals surface area contributed by atoms with Gasteiger partial charge in [-0.2, -0.15) is 0 Å². The molecule has 1 amide bonds. The number of aromatic hydroxyl groups is 1. The second kappa shape index (κ2) is 7.45. The number of hydrogen-bond acceptors (Lipinski definition) is 5. The largest absolute Gasteiger partial charge is 0.507 e. The fourth-order valence-electron chi connectivity index (χ4n) is 1.92. The van der Waals surface area contributed by atoms with Crippen LogP contribution in [0.2, 0.25) is 5.02 Å². The number of carbonyl (C=O) groups is 2. The monoisotopic (exact) mass is 362 g/mol. The lowest BCUT2D eigenvalue weighted by molar-refractivity contribution is -0.384. The van der Waals surface area contributed by atoms with Gasteiger partial charge in [0.05, 0.1) is 4.92 Å². The minimum absolute atomic E-state index is 0.0133. The normalized spacial score (nSPS) is 10.6. The van der Waals surface area contributed by atoms with Gasteiger partial charge < -0.3 is 15.5 Å². The van der Waals surface area contributed by atoms with Crippen LogP contribution in [0.15, 0.2) is 42.5 Å². The van der Waals surface area contributed by atoms with Gasteiger partial charge in [0.1, 0.15) is 16.3 Å². The zero-order valence-corrected chi connectivity index (χ0v) is 13.2. The van der Waals surface area contributed by atoms with Crippen LogP contribution in [0.4, 0.5) is 11.4 Å². The molecular formula is C16H11ClN2O6. The van der Waals surface area contributed by atoms with Gasteiger partial charge in [-0.15, -0.1) is 0 Å². The second-order valence-corrected chi connectivity index (χ2v) is 5.23. The van der Waals surface area contributed by atoms with Crippen molar-refractivity contribution in [1.82, 2.24) is 0 Å². The minimum atomic E-state index is -1.29. The van der Waals surface area contributed by atoms with Crippen molar-refractivity contribution in [1.29, 1.82) is 0 Å². The number of carboxylic acid groups (broad SMARTS) is 1. The van der Waals surface area contributed by atoms with Crippen LogP contribution in [0, 0.1) is 10.1 Å². The number of halogens is 1. The van der Waals surface area contributed by atoms with E-state index in [9.17, 15) is 24.8 Å². The predicted molar refractivity (Wildman–Crippen MR) is 90.8 cm³/mol. The van der Waals surface area contributed by atoms with Crippen LogP contribution < -0.4 is 5.32 Å².